The summed E-state index contributed by atoms with van der Waals surface area (Å²) in [4.78, 5) is 27.1. The van der Waals surface area contributed by atoms with Gasteiger partial charge in [0.1, 0.15) is 5.56 Å². The molecule has 6 nitrogen and oxygen atoms in total. The lowest BCUT2D eigenvalue weighted by Crippen LogP contribution is -2.31. The molecular formula is C15H16N4O2. The first-order chi connectivity index (χ1) is 10.3. The Balaban J connectivity index is 1.90. The van der Waals surface area contributed by atoms with E-state index in [1.165, 1.54) is 7.11 Å². The fraction of sp³-hybridized carbons (Fsp3) is 0.333. The highest BCUT2D eigenvalue weighted by atomic mass is 16.5. The van der Waals surface area contributed by atoms with Crippen molar-refractivity contribution in [1.82, 2.24) is 19.9 Å². The third kappa shape index (κ3) is 2.56. The summed E-state index contributed by atoms with van der Waals surface area (Å²) in [6, 6.07) is 3.44. The lowest BCUT2D eigenvalue weighted by molar-refractivity contribution is 0.0728. The summed E-state index contributed by atoms with van der Waals surface area (Å²) < 4.78 is 5.18. The highest BCUT2D eigenvalue weighted by Crippen LogP contribution is 2.32. The van der Waals surface area contributed by atoms with Crippen molar-refractivity contribution in [3.63, 3.8) is 0 Å². The van der Waals surface area contributed by atoms with Gasteiger partial charge in [-0.2, -0.15) is 0 Å². The van der Waals surface area contributed by atoms with Gasteiger partial charge in [0.25, 0.3) is 5.91 Å². The van der Waals surface area contributed by atoms with Crippen LogP contribution in [-0.2, 0) is 0 Å². The highest BCUT2D eigenvalue weighted by molar-refractivity contribution is 5.96. The third-order valence-electron chi connectivity index (χ3n) is 3.63. The molecule has 21 heavy (non-hydrogen) atoms. The fourth-order valence-electron chi connectivity index (χ4n) is 2.67. The molecule has 1 aliphatic rings. The zero-order valence-corrected chi connectivity index (χ0v) is 11.8. The number of carbonyl (C=O) groups is 1. The van der Waals surface area contributed by atoms with E-state index in [4.69, 9.17) is 4.74 Å². The average Bonchev–Trinajstić information content (AvgIpc) is 3.04. The Labute approximate surface area is 122 Å². The van der Waals surface area contributed by atoms with Crippen LogP contribution in [0.25, 0.3) is 0 Å². The molecule has 6 heteroatoms. The molecule has 0 aromatic carbocycles. The molecule has 0 N–H and O–H groups in total. The van der Waals surface area contributed by atoms with Crippen molar-refractivity contribution in [2.24, 2.45) is 0 Å². The molecule has 0 saturated carbocycles. The molecule has 1 fully saturated rings. The van der Waals surface area contributed by atoms with Gasteiger partial charge in [-0.25, -0.2) is 4.98 Å². The van der Waals surface area contributed by atoms with Crippen molar-refractivity contribution < 1.29 is 9.53 Å². The van der Waals surface area contributed by atoms with E-state index < -0.39 is 0 Å². The number of aromatic nitrogens is 3. The first-order valence-electron chi connectivity index (χ1n) is 6.87. The molecule has 1 atom stereocenters. The minimum Gasteiger partial charge on any atom is -0.480 e. The summed E-state index contributed by atoms with van der Waals surface area (Å²) >= 11 is 0. The van der Waals surface area contributed by atoms with E-state index >= 15 is 0 Å². The lowest BCUT2D eigenvalue weighted by Gasteiger charge is -2.24. The van der Waals surface area contributed by atoms with E-state index in [0.29, 0.717) is 18.0 Å². The minimum absolute atomic E-state index is 0.0314. The van der Waals surface area contributed by atoms with Crippen molar-refractivity contribution in [3.05, 3.63) is 48.2 Å². The van der Waals surface area contributed by atoms with Crippen molar-refractivity contribution in [2.45, 2.75) is 18.9 Å². The second-order valence-electron chi connectivity index (χ2n) is 4.85. The fourth-order valence-corrected chi connectivity index (χ4v) is 2.67. The van der Waals surface area contributed by atoms with E-state index in [1.54, 1.807) is 36.9 Å². The van der Waals surface area contributed by atoms with E-state index in [-0.39, 0.29) is 11.9 Å². The van der Waals surface area contributed by atoms with Crippen LogP contribution >= 0.6 is 0 Å². The SMILES string of the molecule is COc1ncccc1C(=O)N1CCC[C@@H]1c1cnccn1. The Morgan fingerprint density at radius 3 is 3.00 bits per heavy atom. The predicted octanol–water partition coefficient (Wildman–Crippen LogP) is 1.86. The molecule has 0 bridgehead atoms. The molecule has 2 aromatic heterocycles. The molecule has 0 unspecified atom stereocenters. The van der Waals surface area contributed by atoms with Crippen LogP contribution in [0.1, 0.15) is 34.9 Å². The maximum atomic E-state index is 12.8. The van der Waals surface area contributed by atoms with Gasteiger partial charge in [0.15, 0.2) is 0 Å². The number of rotatable bonds is 3. The Morgan fingerprint density at radius 2 is 2.24 bits per heavy atom. The summed E-state index contributed by atoms with van der Waals surface area (Å²) in [6.45, 7) is 0.706. The molecule has 1 saturated heterocycles. The molecule has 108 valence electrons. The molecule has 3 rings (SSSR count). The molecule has 1 aliphatic heterocycles. The number of ether oxygens (including phenoxy) is 1. The van der Waals surface area contributed by atoms with Crippen LogP contribution in [-0.4, -0.2) is 39.4 Å². The molecule has 1 amide bonds. The molecule has 0 radical (unpaired) electrons. The Bertz CT molecular complexity index is 633. The van der Waals surface area contributed by atoms with Gasteiger partial charge >= 0.3 is 0 Å². The largest absolute Gasteiger partial charge is 0.480 e. The first kappa shape index (κ1) is 13.5. The zero-order chi connectivity index (χ0) is 14.7. The standard InChI is InChI=1S/C15H16N4O2/c1-21-14-11(4-2-6-18-14)15(20)19-9-3-5-13(19)12-10-16-7-8-17-12/h2,4,6-8,10,13H,3,5,9H2,1H3/t13-/m1/s1. The predicted molar refractivity (Wildman–Crippen MR) is 75.8 cm³/mol. The van der Waals surface area contributed by atoms with Gasteiger partial charge in [-0.3, -0.25) is 14.8 Å². The molecular weight excluding hydrogens is 268 g/mol. The van der Waals surface area contributed by atoms with Crippen LogP contribution in [0.5, 0.6) is 5.88 Å². The number of methoxy groups -OCH3 is 1. The summed E-state index contributed by atoms with van der Waals surface area (Å²) in [5.41, 5.74) is 1.31. The second-order valence-corrected chi connectivity index (χ2v) is 4.85. The van der Waals surface area contributed by atoms with Crippen LogP contribution in [0.2, 0.25) is 0 Å². The van der Waals surface area contributed by atoms with Crippen LogP contribution in [0, 0.1) is 0 Å². The van der Waals surface area contributed by atoms with Gasteiger partial charge in [-0.1, -0.05) is 0 Å². The number of carbonyl (C=O) groups excluding carboxylic acids is 1. The van der Waals surface area contributed by atoms with Crippen molar-refractivity contribution in [2.75, 3.05) is 13.7 Å². The summed E-state index contributed by atoms with van der Waals surface area (Å²) in [5, 5.41) is 0. The normalized spacial score (nSPS) is 17.8. The maximum absolute atomic E-state index is 12.8. The summed E-state index contributed by atoms with van der Waals surface area (Å²) in [5.74, 6) is 0.278. The molecule has 0 aliphatic carbocycles. The smallest absolute Gasteiger partial charge is 0.259 e. The van der Waals surface area contributed by atoms with Crippen LogP contribution in [0.4, 0.5) is 0 Å². The Morgan fingerprint density at radius 1 is 1.33 bits per heavy atom. The lowest BCUT2D eigenvalue weighted by atomic mass is 10.1. The van der Waals surface area contributed by atoms with Crippen LogP contribution in [0.15, 0.2) is 36.9 Å². The van der Waals surface area contributed by atoms with Crippen LogP contribution < -0.4 is 4.74 Å². The summed E-state index contributed by atoms with van der Waals surface area (Å²) in [6.07, 6.45) is 8.47. The number of pyridine rings is 1. The van der Waals surface area contributed by atoms with E-state index in [9.17, 15) is 4.79 Å². The van der Waals surface area contributed by atoms with Gasteiger partial charge in [-0.05, 0) is 25.0 Å². The van der Waals surface area contributed by atoms with Crippen molar-refractivity contribution in [3.8, 4) is 5.88 Å². The number of nitrogens with zero attached hydrogens (tertiary/aromatic N) is 4. The zero-order valence-electron chi connectivity index (χ0n) is 11.8. The third-order valence-corrected chi connectivity index (χ3v) is 3.63. The monoisotopic (exact) mass is 284 g/mol. The van der Waals surface area contributed by atoms with Gasteiger partial charge in [0.2, 0.25) is 5.88 Å². The van der Waals surface area contributed by atoms with E-state index in [0.717, 1.165) is 18.5 Å². The van der Waals surface area contributed by atoms with E-state index in [2.05, 4.69) is 15.0 Å². The Kier molecular flexibility index (Phi) is 3.77. The van der Waals surface area contributed by atoms with Crippen molar-refractivity contribution >= 4 is 5.91 Å². The average molecular weight is 284 g/mol. The molecule has 0 spiro atoms. The highest BCUT2D eigenvalue weighted by Gasteiger charge is 2.32. The second kappa shape index (κ2) is 5.87. The topological polar surface area (TPSA) is 68.2 Å². The Hall–Kier alpha value is -2.50. The van der Waals surface area contributed by atoms with E-state index in [1.807, 2.05) is 4.90 Å². The van der Waals surface area contributed by atoms with Crippen molar-refractivity contribution in [1.29, 1.82) is 0 Å². The van der Waals surface area contributed by atoms with Gasteiger partial charge in [0.05, 0.1) is 25.0 Å². The summed E-state index contributed by atoms with van der Waals surface area (Å²) in [7, 11) is 1.52. The molecule has 2 aromatic rings. The maximum Gasteiger partial charge on any atom is 0.259 e. The first-order valence-corrected chi connectivity index (χ1v) is 6.87. The van der Waals surface area contributed by atoms with Gasteiger partial charge < -0.3 is 9.64 Å². The number of amides is 1. The van der Waals surface area contributed by atoms with Gasteiger partial charge in [0, 0.05) is 25.1 Å². The quantitative estimate of drug-likeness (QED) is 0.860. The number of hydrogen-bond donors (Lipinski definition) is 0. The van der Waals surface area contributed by atoms with Crippen LogP contribution in [0.3, 0.4) is 0 Å². The molecule has 3 heterocycles. The number of likely N-dealkylation sites (tertiary alicyclic amines) is 1. The van der Waals surface area contributed by atoms with Gasteiger partial charge in [-0.15, -0.1) is 0 Å². The minimum atomic E-state index is -0.0758. The number of hydrogen-bond acceptors (Lipinski definition) is 5.